The maximum absolute atomic E-state index is 12.8. The molecule has 1 saturated heterocycles. The summed E-state index contributed by atoms with van der Waals surface area (Å²) in [4.78, 5) is 49.3. The molecule has 3 atom stereocenters. The number of nitro benzene ring substituents is 1. The number of non-ortho nitro benzene ring substituents is 1. The summed E-state index contributed by atoms with van der Waals surface area (Å²) in [5.74, 6) is -0.942. The number of rotatable bonds is 4. The smallest absolute Gasteiger partial charge is 0.343 e. The molecular formula is C22H20N2O6. The number of nitro groups is 1. The van der Waals surface area contributed by atoms with Gasteiger partial charge in [0.05, 0.1) is 28.0 Å². The van der Waals surface area contributed by atoms with Gasteiger partial charge in [0.15, 0.2) is 0 Å². The Morgan fingerprint density at radius 3 is 2.47 bits per heavy atom. The Kier molecular flexibility index (Phi) is 5.07. The zero-order chi connectivity index (χ0) is 21.4. The Labute approximate surface area is 172 Å². The van der Waals surface area contributed by atoms with Gasteiger partial charge in [-0.1, -0.05) is 13.0 Å². The molecule has 0 spiro atoms. The first kappa shape index (κ1) is 19.8. The second kappa shape index (κ2) is 7.70. The van der Waals surface area contributed by atoms with Gasteiger partial charge in [-0.3, -0.25) is 24.6 Å². The molecule has 1 aliphatic heterocycles. The third-order valence-electron chi connectivity index (χ3n) is 5.79. The minimum atomic E-state index is -0.736. The lowest BCUT2D eigenvalue weighted by molar-refractivity contribution is -0.384. The zero-order valence-electron chi connectivity index (χ0n) is 16.3. The van der Waals surface area contributed by atoms with Gasteiger partial charge in [-0.15, -0.1) is 0 Å². The highest BCUT2D eigenvalue weighted by molar-refractivity contribution is 6.22. The van der Waals surface area contributed by atoms with E-state index in [0.29, 0.717) is 11.6 Å². The second-order valence-corrected chi connectivity index (χ2v) is 7.83. The molecule has 2 aromatic rings. The number of benzene rings is 2. The Morgan fingerprint density at radius 1 is 1.07 bits per heavy atom. The summed E-state index contributed by atoms with van der Waals surface area (Å²) in [7, 11) is 0. The Bertz CT molecular complexity index is 1030. The first-order valence-electron chi connectivity index (χ1n) is 9.79. The van der Waals surface area contributed by atoms with E-state index in [1.54, 1.807) is 12.1 Å². The fourth-order valence-corrected chi connectivity index (χ4v) is 4.22. The summed E-state index contributed by atoms with van der Waals surface area (Å²) < 4.78 is 5.27. The number of anilines is 1. The zero-order valence-corrected chi connectivity index (χ0v) is 16.3. The molecule has 8 nitrogen and oxygen atoms in total. The van der Waals surface area contributed by atoms with Gasteiger partial charge in [0.1, 0.15) is 5.75 Å². The molecule has 2 fully saturated rings. The second-order valence-electron chi connectivity index (χ2n) is 7.83. The molecule has 0 bridgehead atoms. The minimum Gasteiger partial charge on any atom is -0.423 e. The number of carbonyl (C=O) groups excluding carboxylic acids is 3. The highest BCUT2D eigenvalue weighted by Gasteiger charge is 2.49. The van der Waals surface area contributed by atoms with Crippen LogP contribution in [-0.4, -0.2) is 22.7 Å². The third kappa shape index (κ3) is 3.56. The Balaban J connectivity index is 1.49. The number of imide groups is 1. The van der Waals surface area contributed by atoms with Crippen molar-refractivity contribution < 1.29 is 24.0 Å². The van der Waals surface area contributed by atoms with Crippen LogP contribution in [-0.2, 0) is 9.59 Å². The number of hydrogen-bond acceptors (Lipinski definition) is 6. The van der Waals surface area contributed by atoms with E-state index in [2.05, 4.69) is 6.92 Å². The first-order chi connectivity index (χ1) is 14.3. The van der Waals surface area contributed by atoms with Gasteiger partial charge in [-0.2, -0.15) is 0 Å². The highest BCUT2D eigenvalue weighted by Crippen LogP contribution is 2.42. The molecule has 0 radical (unpaired) electrons. The SMILES string of the molecule is C[C@@H]1CC[C@H]2C(=O)N(c3ccc(OC(=O)c4cccc([N+](=O)[O-])c4)cc3)C(=O)[C@H]2C1. The molecule has 1 aliphatic carbocycles. The molecule has 154 valence electrons. The van der Waals surface area contributed by atoms with Crippen LogP contribution in [0.2, 0.25) is 0 Å². The van der Waals surface area contributed by atoms with Crippen LogP contribution < -0.4 is 9.64 Å². The lowest BCUT2D eigenvalue weighted by Gasteiger charge is -2.25. The number of esters is 1. The van der Waals surface area contributed by atoms with Crippen molar-refractivity contribution in [1.29, 1.82) is 0 Å². The van der Waals surface area contributed by atoms with Crippen LogP contribution in [0.3, 0.4) is 0 Å². The van der Waals surface area contributed by atoms with Gasteiger partial charge < -0.3 is 4.74 Å². The molecule has 2 amide bonds. The van der Waals surface area contributed by atoms with Crippen molar-refractivity contribution in [3.63, 3.8) is 0 Å². The van der Waals surface area contributed by atoms with E-state index < -0.39 is 10.9 Å². The number of fused-ring (bicyclic) bond motifs is 1. The van der Waals surface area contributed by atoms with Crippen LogP contribution >= 0.6 is 0 Å². The Morgan fingerprint density at radius 2 is 1.77 bits per heavy atom. The van der Waals surface area contributed by atoms with E-state index in [9.17, 15) is 24.5 Å². The summed E-state index contributed by atoms with van der Waals surface area (Å²) >= 11 is 0. The lowest BCUT2D eigenvalue weighted by atomic mass is 9.76. The summed E-state index contributed by atoms with van der Waals surface area (Å²) in [6, 6.07) is 11.4. The van der Waals surface area contributed by atoms with E-state index in [-0.39, 0.29) is 40.7 Å². The average Bonchev–Trinajstić information content (AvgIpc) is 2.98. The number of amides is 2. The molecule has 0 unspecified atom stereocenters. The van der Waals surface area contributed by atoms with Crippen molar-refractivity contribution in [3.05, 3.63) is 64.2 Å². The molecule has 8 heteroatoms. The van der Waals surface area contributed by atoms with Crippen molar-refractivity contribution in [2.75, 3.05) is 4.90 Å². The maximum Gasteiger partial charge on any atom is 0.343 e. The molecule has 2 aromatic carbocycles. The summed E-state index contributed by atoms with van der Waals surface area (Å²) in [6.45, 7) is 2.10. The third-order valence-corrected chi connectivity index (χ3v) is 5.79. The quantitative estimate of drug-likeness (QED) is 0.251. The van der Waals surface area contributed by atoms with E-state index >= 15 is 0 Å². The number of nitrogens with zero attached hydrogens (tertiary/aromatic N) is 2. The van der Waals surface area contributed by atoms with Crippen LogP contribution in [0, 0.1) is 27.9 Å². The standard InChI is InChI=1S/C22H20N2O6/c1-13-5-10-18-19(11-13)21(26)23(20(18)25)15-6-8-17(9-7-15)30-22(27)14-3-2-4-16(12-14)24(28)29/h2-4,6-9,12-13,18-19H,5,10-11H2,1H3/t13-,18-,19+/m1/s1. The van der Waals surface area contributed by atoms with Gasteiger partial charge in [-0.25, -0.2) is 4.79 Å². The molecule has 0 aromatic heterocycles. The van der Waals surface area contributed by atoms with E-state index in [4.69, 9.17) is 4.74 Å². The summed E-state index contributed by atoms with van der Waals surface area (Å²) in [6.07, 6.45) is 2.40. The molecule has 4 rings (SSSR count). The van der Waals surface area contributed by atoms with Crippen LogP contribution in [0.4, 0.5) is 11.4 Å². The fraction of sp³-hybridized carbons (Fsp3) is 0.318. The van der Waals surface area contributed by atoms with Crippen molar-refractivity contribution in [2.24, 2.45) is 17.8 Å². The molecule has 0 N–H and O–H groups in total. The molecular weight excluding hydrogens is 388 g/mol. The van der Waals surface area contributed by atoms with Crippen molar-refractivity contribution in [2.45, 2.75) is 26.2 Å². The van der Waals surface area contributed by atoms with Crippen LogP contribution in [0.5, 0.6) is 5.75 Å². The molecule has 1 heterocycles. The maximum atomic E-state index is 12.8. The summed E-state index contributed by atoms with van der Waals surface area (Å²) in [5.41, 5.74) is 0.292. The minimum absolute atomic E-state index is 0.0522. The van der Waals surface area contributed by atoms with Gasteiger partial charge in [-0.05, 0) is 55.5 Å². The largest absolute Gasteiger partial charge is 0.423 e. The highest BCUT2D eigenvalue weighted by atomic mass is 16.6. The summed E-state index contributed by atoms with van der Waals surface area (Å²) in [5, 5.41) is 10.9. The average molecular weight is 408 g/mol. The Hall–Kier alpha value is -3.55. The molecule has 30 heavy (non-hydrogen) atoms. The predicted molar refractivity (Wildman–Crippen MR) is 107 cm³/mol. The van der Waals surface area contributed by atoms with Gasteiger partial charge in [0.25, 0.3) is 5.69 Å². The normalized spacial score (nSPS) is 23.2. The van der Waals surface area contributed by atoms with E-state index in [1.165, 1.54) is 35.2 Å². The molecule has 2 aliphatic rings. The lowest BCUT2D eigenvalue weighted by Crippen LogP contribution is -2.30. The number of carbonyl (C=O) groups is 3. The van der Waals surface area contributed by atoms with Gasteiger partial charge in [0.2, 0.25) is 11.8 Å². The van der Waals surface area contributed by atoms with E-state index in [1.807, 2.05) is 0 Å². The van der Waals surface area contributed by atoms with Crippen LogP contribution in [0.25, 0.3) is 0 Å². The number of hydrogen-bond donors (Lipinski definition) is 0. The van der Waals surface area contributed by atoms with Crippen LogP contribution in [0.1, 0.15) is 36.5 Å². The number of ether oxygens (including phenoxy) is 1. The fourth-order valence-electron chi connectivity index (χ4n) is 4.22. The van der Waals surface area contributed by atoms with Gasteiger partial charge in [0, 0.05) is 12.1 Å². The topological polar surface area (TPSA) is 107 Å². The predicted octanol–water partition coefficient (Wildman–Crippen LogP) is 3.74. The van der Waals surface area contributed by atoms with Crippen LogP contribution in [0.15, 0.2) is 48.5 Å². The van der Waals surface area contributed by atoms with Crippen molar-refractivity contribution in [1.82, 2.24) is 0 Å². The van der Waals surface area contributed by atoms with E-state index in [0.717, 1.165) is 25.3 Å². The van der Waals surface area contributed by atoms with Gasteiger partial charge >= 0.3 is 5.97 Å². The first-order valence-corrected chi connectivity index (χ1v) is 9.79. The van der Waals surface area contributed by atoms with Crippen molar-refractivity contribution in [3.8, 4) is 5.75 Å². The molecule has 1 saturated carbocycles. The monoisotopic (exact) mass is 408 g/mol. The van der Waals surface area contributed by atoms with Crippen molar-refractivity contribution >= 4 is 29.2 Å².